The van der Waals surface area contributed by atoms with Gasteiger partial charge in [0.1, 0.15) is 5.60 Å². The summed E-state index contributed by atoms with van der Waals surface area (Å²) in [5.41, 5.74) is 0.863. The van der Waals surface area contributed by atoms with Crippen molar-refractivity contribution in [2.75, 3.05) is 6.54 Å². The number of aliphatic hydroxyl groups excluding tert-OH is 1. The molecule has 0 aliphatic heterocycles. The van der Waals surface area contributed by atoms with E-state index in [4.69, 9.17) is 4.74 Å². The van der Waals surface area contributed by atoms with E-state index in [-0.39, 0.29) is 0 Å². The highest BCUT2D eigenvalue weighted by Gasteiger charge is 2.30. The number of amides is 1. The van der Waals surface area contributed by atoms with Crippen LogP contribution in [0.1, 0.15) is 72.8 Å². The molecule has 1 aromatic rings. The van der Waals surface area contributed by atoms with Crippen molar-refractivity contribution in [1.29, 1.82) is 0 Å². The fourth-order valence-corrected chi connectivity index (χ4v) is 4.20. The standard InChI is InChI=1S/C25H42N2O3/c1-24(2,3)19-12-14-20(15-13-19)26-17-22(28)21(16-18-10-8-7-9-11-18)27-23(29)30-25(4,5)6/h7-11,19-22,26,28H,12-17H2,1-6H3,(H,27,29)/t19?,20?,21-,22+/m0/s1. The second kappa shape index (κ2) is 10.6. The third-order valence-electron chi connectivity index (χ3n) is 6.03. The first-order valence-electron chi connectivity index (χ1n) is 11.4. The van der Waals surface area contributed by atoms with Gasteiger partial charge in [-0.15, -0.1) is 0 Å². The number of hydrogen-bond donors (Lipinski definition) is 3. The summed E-state index contributed by atoms with van der Waals surface area (Å²) in [5.74, 6) is 0.764. The monoisotopic (exact) mass is 418 g/mol. The lowest BCUT2D eigenvalue weighted by molar-refractivity contribution is 0.0416. The molecule has 170 valence electrons. The summed E-state index contributed by atoms with van der Waals surface area (Å²) < 4.78 is 5.41. The van der Waals surface area contributed by atoms with Crippen LogP contribution in [0, 0.1) is 11.3 Å². The Morgan fingerprint density at radius 3 is 2.20 bits per heavy atom. The first-order valence-corrected chi connectivity index (χ1v) is 11.4. The molecule has 0 radical (unpaired) electrons. The minimum Gasteiger partial charge on any atom is -0.444 e. The molecule has 2 atom stereocenters. The average Bonchev–Trinajstić information content (AvgIpc) is 2.64. The van der Waals surface area contributed by atoms with Gasteiger partial charge >= 0.3 is 6.09 Å². The number of ether oxygens (including phenoxy) is 1. The average molecular weight is 419 g/mol. The van der Waals surface area contributed by atoms with Crippen molar-refractivity contribution in [3.05, 3.63) is 35.9 Å². The van der Waals surface area contributed by atoms with Crippen LogP contribution in [0.25, 0.3) is 0 Å². The molecule has 0 bridgehead atoms. The molecule has 5 heteroatoms. The zero-order chi connectivity index (χ0) is 22.4. The Hall–Kier alpha value is -1.59. The zero-order valence-electron chi connectivity index (χ0n) is 19.7. The van der Waals surface area contributed by atoms with Crippen LogP contribution in [0.4, 0.5) is 4.79 Å². The maximum absolute atomic E-state index is 12.3. The van der Waals surface area contributed by atoms with E-state index in [1.165, 1.54) is 12.8 Å². The van der Waals surface area contributed by atoms with E-state index >= 15 is 0 Å². The van der Waals surface area contributed by atoms with Gasteiger partial charge in [0.2, 0.25) is 0 Å². The van der Waals surface area contributed by atoms with E-state index in [1.54, 1.807) is 0 Å². The molecular formula is C25H42N2O3. The Balaban J connectivity index is 1.91. The Kier molecular flexibility index (Phi) is 8.74. The molecule has 0 spiro atoms. The second-order valence-corrected chi connectivity index (χ2v) is 10.8. The number of benzene rings is 1. The van der Waals surface area contributed by atoms with Crippen LogP contribution in [0.5, 0.6) is 0 Å². The number of alkyl carbamates (subject to hydrolysis) is 1. The van der Waals surface area contributed by atoms with Crippen LogP contribution in [0.2, 0.25) is 0 Å². The molecule has 0 aromatic heterocycles. The minimum atomic E-state index is -0.696. The fourth-order valence-electron chi connectivity index (χ4n) is 4.20. The molecule has 3 N–H and O–H groups in total. The van der Waals surface area contributed by atoms with Gasteiger partial charge in [-0.3, -0.25) is 0 Å². The van der Waals surface area contributed by atoms with Crippen LogP contribution in [0.3, 0.4) is 0 Å². The summed E-state index contributed by atoms with van der Waals surface area (Å²) in [6.45, 7) is 12.9. The Morgan fingerprint density at radius 2 is 1.67 bits per heavy atom. The van der Waals surface area contributed by atoms with Gasteiger partial charge in [-0.25, -0.2) is 4.79 Å². The topological polar surface area (TPSA) is 70.6 Å². The summed E-state index contributed by atoms with van der Waals surface area (Å²) in [6, 6.07) is 9.94. The molecule has 1 aliphatic rings. The third-order valence-corrected chi connectivity index (χ3v) is 6.03. The largest absolute Gasteiger partial charge is 0.444 e. The molecule has 1 aliphatic carbocycles. The Bertz CT molecular complexity index is 641. The van der Waals surface area contributed by atoms with Gasteiger partial charge in [0.25, 0.3) is 0 Å². The number of rotatable bonds is 7. The third kappa shape index (κ3) is 8.65. The summed E-state index contributed by atoms with van der Waals surface area (Å²) in [7, 11) is 0. The normalized spacial score (nSPS) is 22.2. The molecule has 2 rings (SSSR count). The highest BCUT2D eigenvalue weighted by molar-refractivity contribution is 5.68. The van der Waals surface area contributed by atoms with Crippen molar-refractivity contribution >= 4 is 6.09 Å². The SMILES string of the molecule is CC(C)(C)OC(=O)N[C@@H](Cc1ccccc1)[C@H](O)CNC1CCC(C(C)(C)C)CC1. The highest BCUT2D eigenvalue weighted by Crippen LogP contribution is 2.37. The summed E-state index contributed by atoms with van der Waals surface area (Å²) >= 11 is 0. The van der Waals surface area contributed by atoms with E-state index in [0.717, 1.165) is 24.3 Å². The van der Waals surface area contributed by atoms with Crippen LogP contribution < -0.4 is 10.6 Å². The van der Waals surface area contributed by atoms with Crippen LogP contribution in [0.15, 0.2) is 30.3 Å². The number of carbonyl (C=O) groups excluding carboxylic acids is 1. The first kappa shape index (κ1) is 24.7. The van der Waals surface area contributed by atoms with E-state index in [9.17, 15) is 9.90 Å². The number of nitrogens with one attached hydrogen (secondary N) is 2. The van der Waals surface area contributed by atoms with Crippen LogP contribution >= 0.6 is 0 Å². The maximum atomic E-state index is 12.3. The van der Waals surface area contributed by atoms with Crippen molar-refractivity contribution < 1.29 is 14.6 Å². The quantitative estimate of drug-likeness (QED) is 0.601. The summed E-state index contributed by atoms with van der Waals surface area (Å²) in [6.07, 6.45) is 4.09. The van der Waals surface area contributed by atoms with Crippen LogP contribution in [-0.2, 0) is 11.2 Å². The maximum Gasteiger partial charge on any atom is 0.407 e. The molecule has 30 heavy (non-hydrogen) atoms. The lowest BCUT2D eigenvalue weighted by Crippen LogP contribution is -2.51. The lowest BCUT2D eigenvalue weighted by Gasteiger charge is -2.37. The molecule has 0 unspecified atom stereocenters. The summed E-state index contributed by atoms with van der Waals surface area (Å²) in [5, 5.41) is 17.3. The summed E-state index contributed by atoms with van der Waals surface area (Å²) in [4.78, 5) is 12.3. The van der Waals surface area contributed by atoms with E-state index in [1.807, 2.05) is 51.1 Å². The number of carbonyl (C=O) groups is 1. The minimum absolute atomic E-state index is 0.364. The van der Waals surface area contributed by atoms with Crippen LogP contribution in [-0.4, -0.2) is 41.5 Å². The van der Waals surface area contributed by atoms with Crippen molar-refractivity contribution in [2.24, 2.45) is 11.3 Å². The molecule has 1 saturated carbocycles. The Labute approximate surface area is 183 Å². The van der Waals surface area contributed by atoms with E-state index in [2.05, 4.69) is 31.4 Å². The zero-order valence-corrected chi connectivity index (χ0v) is 19.7. The van der Waals surface area contributed by atoms with Gasteiger partial charge in [-0.2, -0.15) is 0 Å². The molecule has 1 amide bonds. The van der Waals surface area contributed by atoms with Crippen molar-refractivity contribution in [2.45, 2.75) is 97.4 Å². The van der Waals surface area contributed by atoms with E-state index < -0.39 is 23.8 Å². The molecular weight excluding hydrogens is 376 g/mol. The molecule has 0 heterocycles. The molecule has 1 aromatic carbocycles. The van der Waals surface area contributed by atoms with Crippen molar-refractivity contribution in [1.82, 2.24) is 10.6 Å². The van der Waals surface area contributed by atoms with Gasteiger partial charge in [-0.1, -0.05) is 51.1 Å². The smallest absolute Gasteiger partial charge is 0.407 e. The van der Waals surface area contributed by atoms with Gasteiger partial charge < -0.3 is 20.5 Å². The second-order valence-electron chi connectivity index (χ2n) is 10.8. The highest BCUT2D eigenvalue weighted by atomic mass is 16.6. The van der Waals surface area contributed by atoms with Gasteiger partial charge in [0, 0.05) is 12.6 Å². The molecule has 1 fully saturated rings. The van der Waals surface area contributed by atoms with E-state index in [0.29, 0.717) is 24.4 Å². The Morgan fingerprint density at radius 1 is 1.07 bits per heavy atom. The first-order chi connectivity index (χ1) is 13.9. The van der Waals surface area contributed by atoms with Gasteiger partial charge in [0.05, 0.1) is 12.1 Å². The molecule has 5 nitrogen and oxygen atoms in total. The number of hydrogen-bond acceptors (Lipinski definition) is 4. The molecule has 0 saturated heterocycles. The van der Waals surface area contributed by atoms with Crippen molar-refractivity contribution in [3.63, 3.8) is 0 Å². The van der Waals surface area contributed by atoms with Gasteiger partial charge in [-0.05, 0) is 69.8 Å². The van der Waals surface area contributed by atoms with Gasteiger partial charge in [0.15, 0.2) is 0 Å². The number of aliphatic hydroxyl groups is 1. The fraction of sp³-hybridized carbons (Fsp3) is 0.720. The lowest BCUT2D eigenvalue weighted by atomic mass is 9.71. The predicted octanol–water partition coefficient (Wildman–Crippen LogP) is 4.68. The predicted molar refractivity (Wildman–Crippen MR) is 123 cm³/mol. The van der Waals surface area contributed by atoms with Crippen molar-refractivity contribution in [3.8, 4) is 0 Å².